The third kappa shape index (κ3) is 4.28. The average Bonchev–Trinajstić information content (AvgIpc) is 2.86. The smallest absolute Gasteiger partial charge is 0.0914 e. The van der Waals surface area contributed by atoms with Gasteiger partial charge in [-0.05, 0) is 36.5 Å². The lowest BCUT2D eigenvalue weighted by molar-refractivity contribution is 0.0858. The molecule has 1 aromatic carbocycles. The fourth-order valence-corrected chi connectivity index (χ4v) is 3.03. The van der Waals surface area contributed by atoms with Gasteiger partial charge in [-0.3, -0.25) is 0 Å². The second kappa shape index (κ2) is 7.39. The van der Waals surface area contributed by atoms with Crippen LogP contribution in [-0.2, 0) is 4.74 Å². The van der Waals surface area contributed by atoms with E-state index in [0.717, 1.165) is 36.0 Å². The lowest BCUT2D eigenvalue weighted by Crippen LogP contribution is -2.31. The summed E-state index contributed by atoms with van der Waals surface area (Å²) in [6.07, 6.45) is 2.12. The largest absolute Gasteiger partial charge is 0.387 e. The van der Waals surface area contributed by atoms with Crippen LogP contribution in [0.3, 0.4) is 0 Å². The molecule has 0 bridgehead atoms. The SMILES string of the molecule is CCC1OCCC1CNCC(O)c1cccc(Br)c1. The zero-order valence-corrected chi connectivity index (χ0v) is 12.9. The predicted molar refractivity (Wildman–Crippen MR) is 80.1 cm³/mol. The van der Waals surface area contributed by atoms with Gasteiger partial charge >= 0.3 is 0 Å². The molecular weight excluding hydrogens is 306 g/mol. The van der Waals surface area contributed by atoms with E-state index in [9.17, 15) is 5.11 Å². The van der Waals surface area contributed by atoms with Gasteiger partial charge in [0.2, 0.25) is 0 Å². The molecule has 3 atom stereocenters. The van der Waals surface area contributed by atoms with E-state index < -0.39 is 6.10 Å². The van der Waals surface area contributed by atoms with Gasteiger partial charge in [-0.25, -0.2) is 0 Å². The highest BCUT2D eigenvalue weighted by molar-refractivity contribution is 9.10. The fraction of sp³-hybridized carbons (Fsp3) is 0.600. The Morgan fingerprint density at radius 1 is 1.53 bits per heavy atom. The Kier molecular flexibility index (Phi) is 5.82. The molecule has 4 heteroatoms. The summed E-state index contributed by atoms with van der Waals surface area (Å²) >= 11 is 3.42. The molecule has 1 aliphatic heterocycles. The van der Waals surface area contributed by atoms with Crippen LogP contribution in [-0.4, -0.2) is 30.9 Å². The number of ether oxygens (including phenoxy) is 1. The van der Waals surface area contributed by atoms with E-state index in [4.69, 9.17) is 4.74 Å². The Balaban J connectivity index is 1.76. The van der Waals surface area contributed by atoms with Crippen molar-refractivity contribution in [2.45, 2.75) is 32.0 Å². The molecule has 0 aliphatic carbocycles. The first-order valence-electron chi connectivity index (χ1n) is 6.96. The molecule has 2 N–H and O–H groups in total. The van der Waals surface area contributed by atoms with Gasteiger partial charge in [0.1, 0.15) is 0 Å². The molecular formula is C15H22BrNO2. The van der Waals surface area contributed by atoms with Crippen LogP contribution in [0, 0.1) is 5.92 Å². The summed E-state index contributed by atoms with van der Waals surface area (Å²) in [4.78, 5) is 0. The minimum absolute atomic E-state index is 0.385. The molecule has 106 valence electrons. The van der Waals surface area contributed by atoms with Crippen LogP contribution >= 0.6 is 15.9 Å². The summed E-state index contributed by atoms with van der Waals surface area (Å²) in [6.45, 7) is 4.55. The molecule has 0 aromatic heterocycles. The lowest BCUT2D eigenvalue weighted by atomic mass is 9.99. The lowest BCUT2D eigenvalue weighted by Gasteiger charge is -2.19. The number of benzene rings is 1. The molecule has 3 unspecified atom stereocenters. The van der Waals surface area contributed by atoms with Crippen molar-refractivity contribution in [2.24, 2.45) is 5.92 Å². The highest BCUT2D eigenvalue weighted by atomic mass is 79.9. The van der Waals surface area contributed by atoms with Gasteiger partial charge in [-0.2, -0.15) is 0 Å². The molecule has 0 radical (unpaired) electrons. The molecule has 1 heterocycles. The maximum Gasteiger partial charge on any atom is 0.0914 e. The molecule has 1 saturated heterocycles. The second-order valence-electron chi connectivity index (χ2n) is 5.10. The van der Waals surface area contributed by atoms with Crippen LogP contribution in [0.2, 0.25) is 0 Å². The topological polar surface area (TPSA) is 41.5 Å². The molecule has 0 spiro atoms. The number of halogens is 1. The molecule has 2 rings (SSSR count). The van der Waals surface area contributed by atoms with E-state index in [0.29, 0.717) is 18.6 Å². The Labute approximate surface area is 123 Å². The number of hydrogen-bond acceptors (Lipinski definition) is 3. The Morgan fingerprint density at radius 2 is 2.37 bits per heavy atom. The predicted octanol–water partition coefficient (Wildman–Crippen LogP) is 2.89. The van der Waals surface area contributed by atoms with Crippen molar-refractivity contribution in [3.05, 3.63) is 34.3 Å². The Bertz CT molecular complexity index is 399. The van der Waals surface area contributed by atoms with E-state index in [1.54, 1.807) is 0 Å². The van der Waals surface area contributed by atoms with Crippen LogP contribution in [0.25, 0.3) is 0 Å². The zero-order valence-electron chi connectivity index (χ0n) is 11.3. The minimum atomic E-state index is -0.458. The van der Waals surface area contributed by atoms with Crippen LogP contribution in [0.5, 0.6) is 0 Å². The van der Waals surface area contributed by atoms with Crippen molar-refractivity contribution in [3.63, 3.8) is 0 Å². The number of hydrogen-bond donors (Lipinski definition) is 2. The van der Waals surface area contributed by atoms with Crippen LogP contribution in [0.4, 0.5) is 0 Å². The van der Waals surface area contributed by atoms with Crippen molar-refractivity contribution in [1.82, 2.24) is 5.32 Å². The summed E-state index contributed by atoms with van der Waals surface area (Å²) in [5.41, 5.74) is 0.941. The van der Waals surface area contributed by atoms with E-state index in [2.05, 4.69) is 28.2 Å². The number of nitrogens with one attached hydrogen (secondary N) is 1. The van der Waals surface area contributed by atoms with Crippen molar-refractivity contribution in [3.8, 4) is 0 Å². The quantitative estimate of drug-likeness (QED) is 0.844. The van der Waals surface area contributed by atoms with Gasteiger partial charge in [-0.15, -0.1) is 0 Å². The van der Waals surface area contributed by atoms with Crippen molar-refractivity contribution in [2.75, 3.05) is 19.7 Å². The fourth-order valence-electron chi connectivity index (χ4n) is 2.61. The van der Waals surface area contributed by atoms with Gasteiger partial charge in [0.05, 0.1) is 12.2 Å². The van der Waals surface area contributed by atoms with Crippen LogP contribution in [0.15, 0.2) is 28.7 Å². The third-order valence-electron chi connectivity index (χ3n) is 3.73. The van der Waals surface area contributed by atoms with Crippen LogP contribution < -0.4 is 5.32 Å². The third-order valence-corrected chi connectivity index (χ3v) is 4.22. The monoisotopic (exact) mass is 327 g/mol. The molecule has 3 nitrogen and oxygen atoms in total. The first-order valence-corrected chi connectivity index (χ1v) is 7.76. The van der Waals surface area contributed by atoms with Crippen molar-refractivity contribution >= 4 is 15.9 Å². The normalized spacial score (nSPS) is 24.6. The molecule has 0 saturated carbocycles. The first-order chi connectivity index (χ1) is 9.20. The van der Waals surface area contributed by atoms with Gasteiger partial charge in [0.15, 0.2) is 0 Å². The zero-order chi connectivity index (χ0) is 13.7. The van der Waals surface area contributed by atoms with Gasteiger partial charge in [0, 0.05) is 24.2 Å². The molecule has 1 aliphatic rings. The van der Waals surface area contributed by atoms with E-state index in [-0.39, 0.29) is 0 Å². The van der Waals surface area contributed by atoms with Crippen molar-refractivity contribution in [1.29, 1.82) is 0 Å². The number of aliphatic hydroxyl groups is 1. The second-order valence-corrected chi connectivity index (χ2v) is 6.01. The maximum absolute atomic E-state index is 10.1. The number of aliphatic hydroxyl groups excluding tert-OH is 1. The summed E-state index contributed by atoms with van der Waals surface area (Å²) in [7, 11) is 0. The Hall–Kier alpha value is -0.420. The average molecular weight is 328 g/mol. The first kappa shape index (κ1) is 15.0. The van der Waals surface area contributed by atoms with E-state index in [1.807, 2.05) is 24.3 Å². The number of rotatable bonds is 6. The molecule has 1 fully saturated rings. The highest BCUT2D eigenvalue weighted by Gasteiger charge is 2.26. The molecule has 19 heavy (non-hydrogen) atoms. The highest BCUT2D eigenvalue weighted by Crippen LogP contribution is 2.23. The standard InChI is InChI=1S/C15H22BrNO2/c1-2-15-12(6-7-19-15)9-17-10-14(18)11-4-3-5-13(16)8-11/h3-5,8,12,14-15,17-18H,2,6-7,9-10H2,1H3. The van der Waals surface area contributed by atoms with Crippen molar-refractivity contribution < 1.29 is 9.84 Å². The van der Waals surface area contributed by atoms with E-state index >= 15 is 0 Å². The minimum Gasteiger partial charge on any atom is -0.387 e. The van der Waals surface area contributed by atoms with Gasteiger partial charge in [-0.1, -0.05) is 35.0 Å². The molecule has 0 amide bonds. The van der Waals surface area contributed by atoms with Gasteiger partial charge in [0.25, 0.3) is 0 Å². The summed E-state index contributed by atoms with van der Waals surface area (Å²) in [5.74, 6) is 0.583. The van der Waals surface area contributed by atoms with Crippen LogP contribution in [0.1, 0.15) is 31.4 Å². The maximum atomic E-state index is 10.1. The summed E-state index contributed by atoms with van der Waals surface area (Å²) < 4.78 is 6.66. The van der Waals surface area contributed by atoms with Gasteiger partial charge < -0.3 is 15.2 Å². The Morgan fingerprint density at radius 3 is 3.11 bits per heavy atom. The summed E-state index contributed by atoms with van der Waals surface area (Å²) in [6, 6.07) is 7.82. The molecule has 1 aromatic rings. The van der Waals surface area contributed by atoms with E-state index in [1.165, 1.54) is 0 Å². The summed E-state index contributed by atoms with van der Waals surface area (Å²) in [5, 5.41) is 13.5.